The molecule has 2 aliphatic rings. The Hall–Kier alpha value is -1.37. The fourth-order valence-electron chi connectivity index (χ4n) is 3.51. The van der Waals surface area contributed by atoms with Crippen LogP contribution in [0.15, 0.2) is 22.8 Å². The molecular weight excluding hydrogens is 294 g/mol. The highest BCUT2D eigenvalue weighted by molar-refractivity contribution is 5.78. The van der Waals surface area contributed by atoms with Gasteiger partial charge in [-0.05, 0) is 37.4 Å². The number of likely N-dealkylation sites (tertiary alicyclic amines) is 1. The van der Waals surface area contributed by atoms with Gasteiger partial charge in [0.2, 0.25) is 5.91 Å². The summed E-state index contributed by atoms with van der Waals surface area (Å²) in [4.78, 5) is 19.0. The Bertz CT molecular complexity index is 483. The van der Waals surface area contributed by atoms with Crippen molar-refractivity contribution in [3.05, 3.63) is 24.2 Å². The summed E-state index contributed by atoms with van der Waals surface area (Å²) in [5, 5.41) is 9.29. The van der Waals surface area contributed by atoms with Crippen LogP contribution in [0.1, 0.15) is 18.6 Å². The molecule has 128 valence electrons. The molecule has 6 nitrogen and oxygen atoms in total. The molecule has 0 aliphatic carbocycles. The van der Waals surface area contributed by atoms with Gasteiger partial charge in [0.05, 0.1) is 19.4 Å². The molecule has 1 N–H and O–H groups in total. The predicted molar refractivity (Wildman–Crippen MR) is 86.8 cm³/mol. The van der Waals surface area contributed by atoms with Crippen molar-refractivity contribution in [2.45, 2.75) is 19.4 Å². The number of carbonyl (C=O) groups excluding carboxylic acids is 1. The van der Waals surface area contributed by atoms with E-state index in [9.17, 15) is 9.90 Å². The zero-order valence-electron chi connectivity index (χ0n) is 13.7. The van der Waals surface area contributed by atoms with Crippen LogP contribution >= 0.6 is 0 Å². The number of piperidine rings is 1. The first-order valence-electron chi connectivity index (χ1n) is 8.60. The van der Waals surface area contributed by atoms with Gasteiger partial charge in [-0.1, -0.05) is 0 Å². The predicted octanol–water partition coefficient (Wildman–Crippen LogP) is 0.628. The second kappa shape index (κ2) is 7.95. The van der Waals surface area contributed by atoms with Gasteiger partial charge in [-0.3, -0.25) is 14.6 Å². The number of rotatable bonds is 5. The van der Waals surface area contributed by atoms with Crippen molar-refractivity contribution in [3.63, 3.8) is 0 Å². The summed E-state index contributed by atoms with van der Waals surface area (Å²) in [6.45, 7) is 6.73. The molecular formula is C17H27N3O3. The summed E-state index contributed by atoms with van der Waals surface area (Å²) in [6, 6.07) is 3.90. The zero-order chi connectivity index (χ0) is 16.1. The van der Waals surface area contributed by atoms with Crippen LogP contribution in [0.25, 0.3) is 0 Å². The first-order chi connectivity index (χ1) is 11.2. The molecule has 1 atom stereocenters. The van der Waals surface area contributed by atoms with Crippen molar-refractivity contribution >= 4 is 5.91 Å². The van der Waals surface area contributed by atoms with E-state index in [1.807, 2.05) is 17.0 Å². The second-order valence-corrected chi connectivity index (χ2v) is 6.66. The van der Waals surface area contributed by atoms with Gasteiger partial charge in [0.15, 0.2) is 0 Å². The van der Waals surface area contributed by atoms with E-state index in [-0.39, 0.29) is 12.5 Å². The number of aliphatic hydroxyl groups is 1. The van der Waals surface area contributed by atoms with Crippen molar-refractivity contribution in [1.29, 1.82) is 0 Å². The molecule has 1 aromatic rings. The molecule has 1 aromatic heterocycles. The number of aliphatic hydroxyl groups excluding tert-OH is 1. The largest absolute Gasteiger partial charge is 0.468 e. The minimum absolute atomic E-state index is 0.223. The maximum absolute atomic E-state index is 12.5. The van der Waals surface area contributed by atoms with Gasteiger partial charge in [0.1, 0.15) is 5.76 Å². The van der Waals surface area contributed by atoms with E-state index in [1.54, 1.807) is 6.26 Å². The van der Waals surface area contributed by atoms with E-state index in [4.69, 9.17) is 4.42 Å². The van der Waals surface area contributed by atoms with Crippen molar-refractivity contribution in [1.82, 2.24) is 14.7 Å². The molecule has 23 heavy (non-hydrogen) atoms. The lowest BCUT2D eigenvalue weighted by Crippen LogP contribution is -2.51. The molecule has 3 rings (SSSR count). The monoisotopic (exact) mass is 321 g/mol. The number of carbonyl (C=O) groups is 1. The molecule has 0 aromatic carbocycles. The van der Waals surface area contributed by atoms with E-state index in [0.29, 0.717) is 12.5 Å². The van der Waals surface area contributed by atoms with Gasteiger partial charge >= 0.3 is 0 Å². The fourth-order valence-corrected chi connectivity index (χ4v) is 3.51. The van der Waals surface area contributed by atoms with Crippen LogP contribution in [-0.4, -0.2) is 78.1 Å². The van der Waals surface area contributed by atoms with Crippen LogP contribution in [0.2, 0.25) is 0 Å². The number of hydrogen-bond acceptors (Lipinski definition) is 5. The summed E-state index contributed by atoms with van der Waals surface area (Å²) in [7, 11) is 0. The molecule has 2 saturated heterocycles. The first kappa shape index (κ1) is 16.5. The Labute approximate surface area is 137 Å². The molecule has 0 saturated carbocycles. The summed E-state index contributed by atoms with van der Waals surface area (Å²) in [5.74, 6) is 1.54. The first-order valence-corrected chi connectivity index (χ1v) is 8.60. The lowest BCUT2D eigenvalue weighted by Gasteiger charge is -2.37. The number of hydrogen-bond donors (Lipinski definition) is 1. The molecule has 3 heterocycles. The third kappa shape index (κ3) is 4.56. The van der Waals surface area contributed by atoms with E-state index >= 15 is 0 Å². The lowest BCUT2D eigenvalue weighted by molar-refractivity contribution is -0.134. The average molecular weight is 321 g/mol. The minimum Gasteiger partial charge on any atom is -0.468 e. The van der Waals surface area contributed by atoms with E-state index in [2.05, 4.69) is 9.80 Å². The third-order valence-electron chi connectivity index (χ3n) is 4.90. The van der Waals surface area contributed by atoms with Crippen LogP contribution in [0.3, 0.4) is 0 Å². The maximum atomic E-state index is 12.5. The lowest BCUT2D eigenvalue weighted by atomic mass is 9.99. The Balaban J connectivity index is 1.41. The number of amides is 1. The van der Waals surface area contributed by atoms with Crippen LogP contribution < -0.4 is 0 Å². The van der Waals surface area contributed by atoms with Crippen molar-refractivity contribution in [2.75, 3.05) is 52.4 Å². The smallest absolute Gasteiger partial charge is 0.236 e. The highest BCUT2D eigenvalue weighted by atomic mass is 16.3. The number of nitrogens with zero attached hydrogens (tertiary/aromatic N) is 3. The highest BCUT2D eigenvalue weighted by Gasteiger charge is 2.25. The van der Waals surface area contributed by atoms with E-state index in [1.165, 1.54) is 0 Å². The topological polar surface area (TPSA) is 60.2 Å². The van der Waals surface area contributed by atoms with Crippen LogP contribution in [-0.2, 0) is 11.3 Å². The van der Waals surface area contributed by atoms with Gasteiger partial charge in [-0.2, -0.15) is 0 Å². The standard InChI is InChI=1S/C17H27N3O3/c21-14-15-3-1-5-19(11-15)13-17(22)20-8-6-18(7-9-20)12-16-4-2-10-23-16/h2,4,10,15,21H,1,3,5-9,11-14H2. The van der Waals surface area contributed by atoms with Crippen LogP contribution in [0, 0.1) is 5.92 Å². The van der Waals surface area contributed by atoms with Gasteiger partial charge in [0, 0.05) is 39.3 Å². The normalized spacial score (nSPS) is 24.0. The molecule has 0 bridgehead atoms. The third-order valence-corrected chi connectivity index (χ3v) is 4.90. The highest BCUT2D eigenvalue weighted by Crippen LogP contribution is 2.16. The summed E-state index contributed by atoms with van der Waals surface area (Å²) < 4.78 is 5.38. The summed E-state index contributed by atoms with van der Waals surface area (Å²) in [5.41, 5.74) is 0. The van der Waals surface area contributed by atoms with Crippen molar-refractivity contribution < 1.29 is 14.3 Å². The van der Waals surface area contributed by atoms with Gasteiger partial charge in [0.25, 0.3) is 0 Å². The molecule has 1 unspecified atom stereocenters. The average Bonchev–Trinajstić information content (AvgIpc) is 3.08. The van der Waals surface area contributed by atoms with Crippen LogP contribution in [0.5, 0.6) is 0 Å². The number of furan rings is 1. The van der Waals surface area contributed by atoms with Gasteiger partial charge in [-0.25, -0.2) is 0 Å². The van der Waals surface area contributed by atoms with E-state index < -0.39 is 0 Å². The number of piperazine rings is 1. The maximum Gasteiger partial charge on any atom is 0.236 e. The Morgan fingerprint density at radius 3 is 2.74 bits per heavy atom. The van der Waals surface area contributed by atoms with Crippen LogP contribution in [0.4, 0.5) is 0 Å². The Morgan fingerprint density at radius 1 is 1.22 bits per heavy atom. The minimum atomic E-state index is 0.223. The van der Waals surface area contributed by atoms with Gasteiger partial charge < -0.3 is 14.4 Å². The summed E-state index contributed by atoms with van der Waals surface area (Å²) in [6.07, 6.45) is 3.86. The SMILES string of the molecule is O=C(CN1CCCC(CO)C1)N1CCN(Cc2ccco2)CC1. The quantitative estimate of drug-likeness (QED) is 0.862. The fraction of sp³-hybridized carbons (Fsp3) is 0.706. The van der Waals surface area contributed by atoms with Gasteiger partial charge in [-0.15, -0.1) is 0 Å². The zero-order valence-corrected chi connectivity index (χ0v) is 13.7. The summed E-state index contributed by atoms with van der Waals surface area (Å²) >= 11 is 0. The molecule has 2 fully saturated rings. The molecule has 2 aliphatic heterocycles. The van der Waals surface area contributed by atoms with Crippen molar-refractivity contribution in [2.24, 2.45) is 5.92 Å². The Kier molecular flexibility index (Phi) is 5.70. The molecule has 1 amide bonds. The second-order valence-electron chi connectivity index (χ2n) is 6.66. The molecule has 0 radical (unpaired) electrons. The van der Waals surface area contributed by atoms with E-state index in [0.717, 1.165) is 64.4 Å². The Morgan fingerprint density at radius 2 is 2.04 bits per heavy atom. The molecule has 0 spiro atoms. The molecule has 6 heteroatoms. The van der Waals surface area contributed by atoms with Crippen molar-refractivity contribution in [3.8, 4) is 0 Å².